The van der Waals surface area contributed by atoms with Crippen molar-refractivity contribution in [1.82, 2.24) is 0 Å². The van der Waals surface area contributed by atoms with Gasteiger partial charge >= 0.3 is 5.97 Å². The number of fused-ring (bicyclic) bond motifs is 1. The molecule has 0 radical (unpaired) electrons. The highest BCUT2D eigenvalue weighted by atomic mass is 32.1. The van der Waals surface area contributed by atoms with Gasteiger partial charge in [0.2, 0.25) is 0 Å². The Morgan fingerprint density at radius 1 is 1.40 bits per heavy atom. The summed E-state index contributed by atoms with van der Waals surface area (Å²) in [5, 5.41) is 11.3. The molecule has 4 heteroatoms. The third kappa shape index (κ3) is 2.34. The molecule has 1 N–H and O–H groups in total. The third-order valence-corrected chi connectivity index (χ3v) is 4.46. The predicted molar refractivity (Wildman–Crippen MR) is 83.2 cm³/mol. The number of aliphatic carboxylic acids is 1. The summed E-state index contributed by atoms with van der Waals surface area (Å²) in [6.07, 6.45) is 2.78. The molecule has 0 aliphatic carbocycles. The van der Waals surface area contributed by atoms with Crippen molar-refractivity contribution in [2.75, 3.05) is 18.5 Å². The topological polar surface area (TPSA) is 40.5 Å². The van der Waals surface area contributed by atoms with Crippen molar-refractivity contribution in [3.63, 3.8) is 0 Å². The molecule has 3 nitrogen and oxygen atoms in total. The third-order valence-electron chi connectivity index (χ3n) is 3.56. The number of carboxylic acid groups (broad SMARTS) is 1. The van der Waals surface area contributed by atoms with Crippen molar-refractivity contribution in [2.45, 2.75) is 6.42 Å². The number of hydrogen-bond donors (Lipinski definition) is 1. The van der Waals surface area contributed by atoms with Gasteiger partial charge in [-0.25, -0.2) is 4.79 Å². The lowest BCUT2D eigenvalue weighted by Gasteiger charge is -2.11. The SMILES string of the molecule is CN1CCc2cc(C=C(C(=O)O)c3cccs3)ccc21. The lowest BCUT2D eigenvalue weighted by Crippen LogP contribution is -2.12. The Balaban J connectivity index is 2.00. The number of anilines is 1. The van der Waals surface area contributed by atoms with E-state index in [1.54, 1.807) is 6.08 Å². The van der Waals surface area contributed by atoms with E-state index in [2.05, 4.69) is 24.1 Å². The van der Waals surface area contributed by atoms with Gasteiger partial charge in [0.25, 0.3) is 0 Å². The minimum Gasteiger partial charge on any atom is -0.478 e. The van der Waals surface area contributed by atoms with Crippen LogP contribution in [-0.4, -0.2) is 24.7 Å². The van der Waals surface area contributed by atoms with Gasteiger partial charge in [-0.2, -0.15) is 0 Å². The van der Waals surface area contributed by atoms with Gasteiger partial charge in [0, 0.05) is 24.2 Å². The summed E-state index contributed by atoms with van der Waals surface area (Å²) in [5.41, 5.74) is 3.84. The highest BCUT2D eigenvalue weighted by molar-refractivity contribution is 7.11. The number of carboxylic acids is 1. The molecule has 1 aliphatic rings. The number of rotatable bonds is 3. The molecule has 2 heterocycles. The number of carbonyl (C=O) groups is 1. The van der Waals surface area contributed by atoms with E-state index in [0.29, 0.717) is 5.57 Å². The van der Waals surface area contributed by atoms with E-state index < -0.39 is 5.97 Å². The molecule has 1 aromatic heterocycles. The van der Waals surface area contributed by atoms with Crippen molar-refractivity contribution in [1.29, 1.82) is 0 Å². The van der Waals surface area contributed by atoms with Crippen LogP contribution in [-0.2, 0) is 11.2 Å². The zero-order valence-electron chi connectivity index (χ0n) is 11.2. The Morgan fingerprint density at radius 2 is 2.25 bits per heavy atom. The molecular formula is C16H15NO2S. The van der Waals surface area contributed by atoms with Crippen LogP contribution in [0.4, 0.5) is 5.69 Å². The van der Waals surface area contributed by atoms with Crippen LogP contribution in [0.15, 0.2) is 35.7 Å². The standard InChI is InChI=1S/C16H15NO2S/c1-17-7-6-12-9-11(4-5-14(12)17)10-13(16(18)19)15-3-2-8-20-15/h2-5,8-10H,6-7H2,1H3,(H,18,19). The summed E-state index contributed by atoms with van der Waals surface area (Å²) < 4.78 is 0. The number of thiophene rings is 1. The Labute approximate surface area is 121 Å². The van der Waals surface area contributed by atoms with E-state index in [0.717, 1.165) is 23.4 Å². The van der Waals surface area contributed by atoms with Crippen LogP contribution in [0, 0.1) is 0 Å². The molecular weight excluding hydrogens is 270 g/mol. The maximum Gasteiger partial charge on any atom is 0.337 e. The second-order valence-electron chi connectivity index (χ2n) is 4.90. The molecule has 0 bridgehead atoms. The molecule has 0 saturated carbocycles. The fourth-order valence-corrected chi connectivity index (χ4v) is 3.25. The number of benzene rings is 1. The lowest BCUT2D eigenvalue weighted by atomic mass is 10.1. The van der Waals surface area contributed by atoms with Crippen molar-refractivity contribution in [2.24, 2.45) is 0 Å². The Morgan fingerprint density at radius 3 is 2.95 bits per heavy atom. The highest BCUT2D eigenvalue weighted by Crippen LogP contribution is 2.29. The molecule has 0 saturated heterocycles. The second-order valence-corrected chi connectivity index (χ2v) is 5.85. The molecule has 102 valence electrons. The van der Waals surface area contributed by atoms with Crippen molar-refractivity contribution in [3.05, 3.63) is 51.7 Å². The molecule has 2 aromatic rings. The Bertz CT molecular complexity index is 674. The Hall–Kier alpha value is -2.07. The molecule has 1 aliphatic heterocycles. The van der Waals surface area contributed by atoms with Crippen LogP contribution in [0.5, 0.6) is 0 Å². The van der Waals surface area contributed by atoms with Crippen LogP contribution >= 0.6 is 11.3 Å². The van der Waals surface area contributed by atoms with E-state index >= 15 is 0 Å². The van der Waals surface area contributed by atoms with Gasteiger partial charge in [0.05, 0.1) is 5.57 Å². The molecule has 0 unspecified atom stereocenters. The van der Waals surface area contributed by atoms with E-state index in [1.807, 2.05) is 23.6 Å². The molecule has 0 amide bonds. The molecule has 0 spiro atoms. The molecule has 0 atom stereocenters. The first-order chi connectivity index (χ1) is 9.65. The van der Waals surface area contributed by atoms with Gasteiger partial charge in [0.1, 0.15) is 0 Å². The first-order valence-corrected chi connectivity index (χ1v) is 7.36. The van der Waals surface area contributed by atoms with Crippen LogP contribution in [0.2, 0.25) is 0 Å². The lowest BCUT2D eigenvalue weighted by molar-refractivity contribution is -0.130. The predicted octanol–water partition coefficient (Wildman–Crippen LogP) is 3.37. The van der Waals surface area contributed by atoms with Crippen LogP contribution in [0.1, 0.15) is 16.0 Å². The second kappa shape index (κ2) is 5.13. The van der Waals surface area contributed by atoms with Gasteiger partial charge in [-0.05, 0) is 47.2 Å². The summed E-state index contributed by atoms with van der Waals surface area (Å²) in [5.74, 6) is -0.884. The van der Waals surface area contributed by atoms with Crippen molar-refractivity contribution < 1.29 is 9.90 Å². The average molecular weight is 285 g/mol. The smallest absolute Gasteiger partial charge is 0.337 e. The number of likely N-dealkylation sites (N-methyl/N-ethyl adjacent to an activating group) is 1. The quantitative estimate of drug-likeness (QED) is 0.879. The monoisotopic (exact) mass is 285 g/mol. The zero-order valence-corrected chi connectivity index (χ0v) is 12.0. The van der Waals surface area contributed by atoms with E-state index in [-0.39, 0.29) is 0 Å². The van der Waals surface area contributed by atoms with Crippen LogP contribution < -0.4 is 4.90 Å². The maximum atomic E-state index is 11.4. The molecule has 3 rings (SSSR count). The summed E-state index contributed by atoms with van der Waals surface area (Å²) in [4.78, 5) is 14.4. The van der Waals surface area contributed by atoms with Gasteiger partial charge in [-0.15, -0.1) is 11.3 Å². The molecule has 1 aromatic carbocycles. The largest absolute Gasteiger partial charge is 0.478 e. The summed E-state index contributed by atoms with van der Waals surface area (Å²) in [6.45, 7) is 1.03. The van der Waals surface area contributed by atoms with Crippen molar-refractivity contribution in [3.8, 4) is 0 Å². The normalized spacial score (nSPS) is 14.4. The first kappa shape index (κ1) is 12.9. The average Bonchev–Trinajstić information content (AvgIpc) is 3.06. The first-order valence-electron chi connectivity index (χ1n) is 6.48. The van der Waals surface area contributed by atoms with E-state index in [1.165, 1.54) is 22.6 Å². The molecule has 20 heavy (non-hydrogen) atoms. The van der Waals surface area contributed by atoms with Gasteiger partial charge < -0.3 is 10.0 Å². The summed E-state index contributed by atoms with van der Waals surface area (Å²) >= 11 is 1.45. The minimum absolute atomic E-state index is 0.353. The summed E-state index contributed by atoms with van der Waals surface area (Å²) in [6, 6.07) is 9.86. The van der Waals surface area contributed by atoms with Crippen LogP contribution in [0.3, 0.4) is 0 Å². The minimum atomic E-state index is -0.884. The van der Waals surface area contributed by atoms with E-state index in [4.69, 9.17) is 0 Å². The fourth-order valence-electron chi connectivity index (χ4n) is 2.51. The fraction of sp³-hybridized carbons (Fsp3) is 0.188. The van der Waals surface area contributed by atoms with Crippen LogP contribution in [0.25, 0.3) is 11.6 Å². The summed E-state index contributed by atoms with van der Waals surface area (Å²) in [7, 11) is 2.08. The number of nitrogens with zero attached hydrogens (tertiary/aromatic N) is 1. The highest BCUT2D eigenvalue weighted by Gasteiger charge is 2.16. The number of hydrogen-bond acceptors (Lipinski definition) is 3. The van der Waals surface area contributed by atoms with Crippen molar-refractivity contribution >= 4 is 34.6 Å². The maximum absolute atomic E-state index is 11.4. The van der Waals surface area contributed by atoms with Gasteiger partial charge in [-0.3, -0.25) is 0 Å². The Kier molecular flexibility index (Phi) is 3.32. The zero-order chi connectivity index (χ0) is 14.1. The van der Waals surface area contributed by atoms with Gasteiger partial charge in [0.15, 0.2) is 0 Å². The van der Waals surface area contributed by atoms with E-state index in [9.17, 15) is 9.90 Å². The van der Waals surface area contributed by atoms with Gasteiger partial charge in [-0.1, -0.05) is 12.1 Å². The molecule has 0 fully saturated rings.